The van der Waals surface area contributed by atoms with Gasteiger partial charge in [0.05, 0.1) is 24.9 Å². The van der Waals surface area contributed by atoms with Gasteiger partial charge in [-0.2, -0.15) is 0 Å². The van der Waals surface area contributed by atoms with Crippen LogP contribution in [0.25, 0.3) is 0 Å². The third-order valence-corrected chi connectivity index (χ3v) is 2.57. The van der Waals surface area contributed by atoms with Gasteiger partial charge in [0.1, 0.15) is 5.69 Å². The predicted molar refractivity (Wildman–Crippen MR) is 71.0 cm³/mol. The summed E-state index contributed by atoms with van der Waals surface area (Å²) in [5.41, 5.74) is 1.29. The third-order valence-electron chi connectivity index (χ3n) is 2.57. The molecule has 6 heteroatoms. The summed E-state index contributed by atoms with van der Waals surface area (Å²) < 4.78 is 4.62. The smallest absolute Gasteiger partial charge is 0.337 e. The van der Waals surface area contributed by atoms with Gasteiger partial charge < -0.3 is 10.1 Å². The van der Waals surface area contributed by atoms with Crippen LogP contribution in [0.1, 0.15) is 26.5 Å². The second kappa shape index (κ2) is 6.42. The van der Waals surface area contributed by atoms with E-state index in [2.05, 4.69) is 20.0 Å². The highest BCUT2D eigenvalue weighted by molar-refractivity contribution is 5.92. The van der Waals surface area contributed by atoms with Crippen molar-refractivity contribution in [2.45, 2.75) is 6.54 Å². The van der Waals surface area contributed by atoms with Crippen LogP contribution < -0.4 is 5.32 Å². The zero-order valence-corrected chi connectivity index (χ0v) is 10.9. The molecule has 2 aromatic heterocycles. The van der Waals surface area contributed by atoms with Crippen molar-refractivity contribution in [2.75, 3.05) is 7.11 Å². The highest BCUT2D eigenvalue weighted by Gasteiger charge is 2.09. The summed E-state index contributed by atoms with van der Waals surface area (Å²) in [5, 5.41) is 2.68. The Morgan fingerprint density at radius 1 is 1.20 bits per heavy atom. The molecule has 0 aliphatic heterocycles. The Labute approximate surface area is 115 Å². The van der Waals surface area contributed by atoms with Crippen LogP contribution in [0, 0.1) is 0 Å². The molecule has 2 heterocycles. The number of rotatable bonds is 4. The van der Waals surface area contributed by atoms with Crippen molar-refractivity contribution in [1.29, 1.82) is 0 Å². The number of nitrogens with zero attached hydrogens (tertiary/aromatic N) is 2. The lowest BCUT2D eigenvalue weighted by Gasteiger charge is -2.05. The van der Waals surface area contributed by atoms with Crippen LogP contribution in [0.2, 0.25) is 0 Å². The lowest BCUT2D eigenvalue weighted by molar-refractivity contribution is 0.0600. The first-order valence-corrected chi connectivity index (χ1v) is 5.93. The number of pyridine rings is 2. The first kappa shape index (κ1) is 13.7. The Kier molecular flexibility index (Phi) is 4.39. The molecular formula is C14H13N3O3. The molecule has 0 aliphatic carbocycles. The SMILES string of the molecule is COC(=O)c1ccnc(CNC(=O)c2ccccn2)c1. The van der Waals surface area contributed by atoms with Crippen molar-refractivity contribution in [3.05, 3.63) is 59.7 Å². The van der Waals surface area contributed by atoms with Gasteiger partial charge in [0.25, 0.3) is 5.91 Å². The normalized spacial score (nSPS) is 9.85. The minimum atomic E-state index is -0.440. The van der Waals surface area contributed by atoms with Crippen molar-refractivity contribution in [2.24, 2.45) is 0 Å². The number of esters is 1. The van der Waals surface area contributed by atoms with Crippen LogP contribution in [-0.2, 0) is 11.3 Å². The van der Waals surface area contributed by atoms with Crippen molar-refractivity contribution < 1.29 is 14.3 Å². The van der Waals surface area contributed by atoms with Gasteiger partial charge >= 0.3 is 5.97 Å². The molecule has 0 aliphatic rings. The Hall–Kier alpha value is -2.76. The number of carbonyl (C=O) groups excluding carboxylic acids is 2. The predicted octanol–water partition coefficient (Wildman–Crippen LogP) is 1.19. The van der Waals surface area contributed by atoms with Crippen molar-refractivity contribution in [3.63, 3.8) is 0 Å². The number of hydrogen-bond donors (Lipinski definition) is 1. The molecule has 1 amide bonds. The summed E-state index contributed by atoms with van der Waals surface area (Å²) in [6, 6.07) is 8.21. The van der Waals surface area contributed by atoms with E-state index in [0.29, 0.717) is 17.0 Å². The number of aromatic nitrogens is 2. The topological polar surface area (TPSA) is 81.2 Å². The highest BCUT2D eigenvalue weighted by atomic mass is 16.5. The van der Waals surface area contributed by atoms with Gasteiger partial charge in [0.15, 0.2) is 0 Å². The van der Waals surface area contributed by atoms with Crippen LogP contribution in [-0.4, -0.2) is 29.0 Å². The fraction of sp³-hybridized carbons (Fsp3) is 0.143. The van der Waals surface area contributed by atoms with E-state index in [4.69, 9.17) is 0 Å². The standard InChI is InChI=1S/C14H13N3O3/c1-20-14(19)10-5-7-15-11(8-10)9-17-13(18)12-4-2-3-6-16-12/h2-8H,9H2,1H3,(H,17,18). The van der Waals surface area contributed by atoms with E-state index in [1.807, 2.05) is 0 Å². The summed E-state index contributed by atoms with van der Waals surface area (Å²) in [6.07, 6.45) is 3.04. The average Bonchev–Trinajstić information content (AvgIpc) is 2.53. The molecular weight excluding hydrogens is 258 g/mol. The van der Waals surface area contributed by atoms with Crippen LogP contribution in [0.15, 0.2) is 42.7 Å². The molecule has 0 aromatic carbocycles. The van der Waals surface area contributed by atoms with Gasteiger partial charge in [0.2, 0.25) is 0 Å². The quantitative estimate of drug-likeness (QED) is 0.845. The van der Waals surface area contributed by atoms with Gasteiger partial charge in [-0.3, -0.25) is 14.8 Å². The highest BCUT2D eigenvalue weighted by Crippen LogP contribution is 2.04. The van der Waals surface area contributed by atoms with Gasteiger partial charge in [0, 0.05) is 12.4 Å². The van der Waals surface area contributed by atoms with Crippen LogP contribution in [0.5, 0.6) is 0 Å². The van der Waals surface area contributed by atoms with Gasteiger partial charge in [-0.25, -0.2) is 4.79 Å². The number of methoxy groups -OCH3 is 1. The van der Waals surface area contributed by atoms with E-state index >= 15 is 0 Å². The molecule has 0 bridgehead atoms. The Morgan fingerprint density at radius 2 is 2.05 bits per heavy atom. The largest absolute Gasteiger partial charge is 0.465 e. The summed E-state index contributed by atoms with van der Waals surface area (Å²) in [5.74, 6) is -0.736. The lowest BCUT2D eigenvalue weighted by Crippen LogP contribution is -2.24. The molecule has 2 aromatic rings. The van der Waals surface area contributed by atoms with Crippen LogP contribution in [0.4, 0.5) is 0 Å². The number of ether oxygens (including phenoxy) is 1. The Morgan fingerprint density at radius 3 is 2.75 bits per heavy atom. The van der Waals surface area contributed by atoms with Gasteiger partial charge in [-0.1, -0.05) is 6.07 Å². The van der Waals surface area contributed by atoms with E-state index in [1.165, 1.54) is 13.3 Å². The summed E-state index contributed by atoms with van der Waals surface area (Å²) >= 11 is 0. The number of amides is 1. The van der Waals surface area contributed by atoms with Gasteiger partial charge in [-0.05, 0) is 24.3 Å². The molecule has 20 heavy (non-hydrogen) atoms. The molecule has 102 valence electrons. The van der Waals surface area contributed by atoms with Crippen molar-refractivity contribution in [3.8, 4) is 0 Å². The molecule has 0 atom stereocenters. The molecule has 0 radical (unpaired) electrons. The maximum Gasteiger partial charge on any atom is 0.337 e. The summed E-state index contributed by atoms with van der Waals surface area (Å²) in [4.78, 5) is 31.2. The van der Waals surface area contributed by atoms with Crippen LogP contribution >= 0.6 is 0 Å². The van der Waals surface area contributed by atoms with E-state index < -0.39 is 5.97 Å². The first-order chi connectivity index (χ1) is 9.70. The fourth-order valence-corrected chi connectivity index (χ4v) is 1.58. The summed E-state index contributed by atoms with van der Waals surface area (Å²) in [6.45, 7) is 0.209. The third kappa shape index (κ3) is 3.38. The number of nitrogens with one attached hydrogen (secondary N) is 1. The molecule has 0 saturated heterocycles. The van der Waals surface area contributed by atoms with Crippen LogP contribution in [0.3, 0.4) is 0 Å². The lowest BCUT2D eigenvalue weighted by atomic mass is 10.2. The Bertz CT molecular complexity index is 614. The maximum atomic E-state index is 11.8. The number of hydrogen-bond acceptors (Lipinski definition) is 5. The Balaban J connectivity index is 2.01. The second-order valence-corrected chi connectivity index (χ2v) is 3.93. The average molecular weight is 271 g/mol. The van der Waals surface area contributed by atoms with E-state index in [9.17, 15) is 9.59 Å². The molecule has 6 nitrogen and oxygen atoms in total. The molecule has 0 fully saturated rings. The van der Waals surface area contributed by atoms with Crippen molar-refractivity contribution >= 4 is 11.9 Å². The zero-order chi connectivity index (χ0) is 14.4. The van der Waals surface area contributed by atoms with E-state index in [-0.39, 0.29) is 12.5 Å². The van der Waals surface area contributed by atoms with Crippen molar-refractivity contribution in [1.82, 2.24) is 15.3 Å². The molecule has 2 rings (SSSR count). The monoisotopic (exact) mass is 271 g/mol. The maximum absolute atomic E-state index is 11.8. The first-order valence-electron chi connectivity index (χ1n) is 5.93. The fourth-order valence-electron chi connectivity index (χ4n) is 1.58. The number of carbonyl (C=O) groups is 2. The van der Waals surface area contributed by atoms with E-state index in [1.54, 1.807) is 36.5 Å². The molecule has 0 saturated carbocycles. The zero-order valence-electron chi connectivity index (χ0n) is 10.9. The molecule has 0 spiro atoms. The van der Waals surface area contributed by atoms with E-state index in [0.717, 1.165) is 0 Å². The summed E-state index contributed by atoms with van der Waals surface area (Å²) in [7, 11) is 1.31. The molecule has 0 unspecified atom stereocenters. The molecule has 1 N–H and O–H groups in total. The minimum Gasteiger partial charge on any atom is -0.465 e. The van der Waals surface area contributed by atoms with Gasteiger partial charge in [-0.15, -0.1) is 0 Å². The minimum absolute atomic E-state index is 0.209. The second-order valence-electron chi connectivity index (χ2n) is 3.93.